The summed E-state index contributed by atoms with van der Waals surface area (Å²) in [5.41, 5.74) is -0.102. The number of aliphatic imine (C=N–C) groups is 1. The van der Waals surface area contributed by atoms with Crippen LogP contribution < -0.4 is 10.6 Å². The molecule has 0 bridgehead atoms. The third-order valence-electron chi connectivity index (χ3n) is 3.71. The second kappa shape index (κ2) is 9.10. The second-order valence-electron chi connectivity index (χ2n) is 5.74. The monoisotopic (exact) mass is 325 g/mol. The average molecular weight is 325 g/mol. The van der Waals surface area contributed by atoms with E-state index in [4.69, 9.17) is 14.1 Å². The van der Waals surface area contributed by atoms with Gasteiger partial charge in [-0.2, -0.15) is 11.8 Å². The fourth-order valence-corrected chi connectivity index (χ4v) is 2.72. The molecule has 0 radical (unpaired) electrons. The van der Waals surface area contributed by atoms with E-state index in [0.29, 0.717) is 6.54 Å². The van der Waals surface area contributed by atoms with Crippen LogP contribution in [0.1, 0.15) is 25.5 Å². The van der Waals surface area contributed by atoms with Crippen molar-refractivity contribution in [1.29, 1.82) is 0 Å². The molecule has 0 saturated carbocycles. The lowest BCUT2D eigenvalue weighted by atomic mass is 10.0. The van der Waals surface area contributed by atoms with Gasteiger partial charge in [0.25, 0.3) is 0 Å². The Morgan fingerprint density at radius 2 is 2.27 bits per heavy atom. The maximum absolute atomic E-state index is 5.80. The summed E-state index contributed by atoms with van der Waals surface area (Å²) in [4.78, 5) is 4.70. The molecule has 1 unspecified atom stereocenters. The van der Waals surface area contributed by atoms with Crippen LogP contribution in [0.3, 0.4) is 0 Å². The number of rotatable bonds is 8. The van der Waals surface area contributed by atoms with Crippen molar-refractivity contribution in [2.75, 3.05) is 38.2 Å². The standard InChI is InChI=1S/C16H27N3O2S/c1-16(7-4-11-21-16)13-19-15(18-9-12-22-2)17-8-6-14-5-3-10-20-14/h3,5,10H,4,6-9,11-13H2,1-2H3,(H2,17,18,19). The number of hydrogen-bond acceptors (Lipinski definition) is 4. The largest absolute Gasteiger partial charge is 0.469 e. The van der Waals surface area contributed by atoms with Crippen molar-refractivity contribution in [3.05, 3.63) is 24.2 Å². The zero-order chi connectivity index (χ0) is 15.7. The number of nitrogens with one attached hydrogen (secondary N) is 2. The predicted octanol–water partition coefficient (Wildman–Crippen LogP) is 2.29. The highest BCUT2D eigenvalue weighted by atomic mass is 32.2. The molecule has 0 aliphatic carbocycles. The van der Waals surface area contributed by atoms with Crippen LogP contribution in [0.15, 0.2) is 27.8 Å². The Bertz CT molecular complexity index is 442. The summed E-state index contributed by atoms with van der Waals surface area (Å²) in [5.74, 6) is 2.91. The first-order valence-corrected chi connectivity index (χ1v) is 9.29. The minimum absolute atomic E-state index is 0.102. The molecule has 0 spiro atoms. The molecule has 1 aromatic heterocycles. The molecule has 1 aliphatic heterocycles. The van der Waals surface area contributed by atoms with Gasteiger partial charge in [0.2, 0.25) is 0 Å². The lowest BCUT2D eigenvalue weighted by Crippen LogP contribution is -2.41. The Morgan fingerprint density at radius 1 is 1.41 bits per heavy atom. The summed E-state index contributed by atoms with van der Waals surface area (Å²) < 4.78 is 11.1. The lowest BCUT2D eigenvalue weighted by molar-refractivity contribution is 0.0283. The highest BCUT2D eigenvalue weighted by Crippen LogP contribution is 2.24. The molecule has 5 nitrogen and oxygen atoms in total. The molecule has 1 atom stereocenters. The van der Waals surface area contributed by atoms with Crippen LogP contribution in [-0.2, 0) is 11.2 Å². The highest BCUT2D eigenvalue weighted by molar-refractivity contribution is 7.98. The molecular weight excluding hydrogens is 298 g/mol. The fourth-order valence-electron chi connectivity index (χ4n) is 2.41. The molecular formula is C16H27N3O2S. The van der Waals surface area contributed by atoms with E-state index in [2.05, 4.69) is 23.8 Å². The molecule has 2 N–H and O–H groups in total. The maximum Gasteiger partial charge on any atom is 0.191 e. The summed E-state index contributed by atoms with van der Waals surface area (Å²) in [6.45, 7) is 5.41. The Morgan fingerprint density at radius 3 is 2.95 bits per heavy atom. The number of furan rings is 1. The van der Waals surface area contributed by atoms with Crippen molar-refractivity contribution in [3.63, 3.8) is 0 Å². The van der Waals surface area contributed by atoms with Crippen molar-refractivity contribution >= 4 is 17.7 Å². The Hall–Kier alpha value is -1.14. The fraction of sp³-hybridized carbons (Fsp3) is 0.688. The maximum atomic E-state index is 5.80. The molecule has 124 valence electrons. The van der Waals surface area contributed by atoms with Gasteiger partial charge >= 0.3 is 0 Å². The van der Waals surface area contributed by atoms with Crippen molar-refractivity contribution in [2.45, 2.75) is 31.8 Å². The first-order valence-electron chi connectivity index (χ1n) is 7.89. The topological polar surface area (TPSA) is 58.8 Å². The summed E-state index contributed by atoms with van der Waals surface area (Å²) in [6.07, 6.45) is 6.88. The molecule has 22 heavy (non-hydrogen) atoms. The second-order valence-corrected chi connectivity index (χ2v) is 6.73. The summed E-state index contributed by atoms with van der Waals surface area (Å²) >= 11 is 1.82. The Balaban J connectivity index is 1.81. The van der Waals surface area contributed by atoms with Crippen LogP contribution in [0.25, 0.3) is 0 Å². The smallest absolute Gasteiger partial charge is 0.191 e. The van der Waals surface area contributed by atoms with Gasteiger partial charge in [-0.05, 0) is 38.2 Å². The average Bonchev–Trinajstić information content (AvgIpc) is 3.17. The van der Waals surface area contributed by atoms with Crippen LogP contribution in [0.2, 0.25) is 0 Å². The zero-order valence-corrected chi connectivity index (χ0v) is 14.4. The minimum Gasteiger partial charge on any atom is -0.469 e. The zero-order valence-electron chi connectivity index (χ0n) is 13.6. The molecule has 6 heteroatoms. The van der Waals surface area contributed by atoms with Crippen LogP contribution in [-0.4, -0.2) is 49.8 Å². The summed E-state index contributed by atoms with van der Waals surface area (Å²) in [7, 11) is 0. The normalized spacial score (nSPS) is 22.0. The van der Waals surface area contributed by atoms with Gasteiger partial charge in [-0.25, -0.2) is 0 Å². The quantitative estimate of drug-likeness (QED) is 0.436. The molecule has 1 aliphatic rings. The number of thioether (sulfide) groups is 1. The number of hydrogen-bond donors (Lipinski definition) is 2. The lowest BCUT2D eigenvalue weighted by Gasteiger charge is -2.21. The molecule has 0 amide bonds. The van der Waals surface area contributed by atoms with E-state index in [-0.39, 0.29) is 5.60 Å². The third-order valence-corrected chi connectivity index (χ3v) is 4.33. The van der Waals surface area contributed by atoms with Crippen molar-refractivity contribution in [3.8, 4) is 0 Å². The van der Waals surface area contributed by atoms with Gasteiger partial charge in [0, 0.05) is 31.9 Å². The van der Waals surface area contributed by atoms with Crippen molar-refractivity contribution in [1.82, 2.24) is 10.6 Å². The molecule has 2 rings (SSSR count). The Kier molecular flexibility index (Phi) is 7.12. The van der Waals surface area contributed by atoms with Crippen molar-refractivity contribution in [2.24, 2.45) is 4.99 Å². The first kappa shape index (κ1) is 17.2. The Labute approximate surface area is 137 Å². The van der Waals surface area contributed by atoms with Gasteiger partial charge in [0.1, 0.15) is 5.76 Å². The number of guanidine groups is 1. The van der Waals surface area contributed by atoms with E-state index in [1.54, 1.807) is 6.26 Å². The van der Waals surface area contributed by atoms with E-state index in [1.165, 1.54) is 0 Å². The number of nitrogens with zero attached hydrogens (tertiary/aromatic N) is 1. The van der Waals surface area contributed by atoms with E-state index in [0.717, 1.165) is 56.4 Å². The predicted molar refractivity (Wildman–Crippen MR) is 92.7 cm³/mol. The minimum atomic E-state index is -0.102. The van der Waals surface area contributed by atoms with E-state index < -0.39 is 0 Å². The van der Waals surface area contributed by atoms with Crippen LogP contribution in [0, 0.1) is 0 Å². The molecule has 1 aromatic rings. The number of ether oxygens (including phenoxy) is 1. The van der Waals surface area contributed by atoms with E-state index >= 15 is 0 Å². The molecule has 0 aromatic carbocycles. The summed E-state index contributed by atoms with van der Waals surface area (Å²) in [5, 5.41) is 6.75. The van der Waals surface area contributed by atoms with Gasteiger partial charge in [-0.15, -0.1) is 0 Å². The van der Waals surface area contributed by atoms with E-state index in [1.807, 2.05) is 23.9 Å². The van der Waals surface area contributed by atoms with Crippen LogP contribution in [0.5, 0.6) is 0 Å². The van der Waals surface area contributed by atoms with Gasteiger partial charge in [0.15, 0.2) is 5.96 Å². The molecule has 2 heterocycles. The highest BCUT2D eigenvalue weighted by Gasteiger charge is 2.29. The first-order chi connectivity index (χ1) is 10.7. The van der Waals surface area contributed by atoms with Gasteiger partial charge in [0.05, 0.1) is 18.4 Å². The van der Waals surface area contributed by atoms with E-state index in [9.17, 15) is 0 Å². The third kappa shape index (κ3) is 5.93. The van der Waals surface area contributed by atoms with Gasteiger partial charge < -0.3 is 19.8 Å². The van der Waals surface area contributed by atoms with Gasteiger partial charge in [-0.1, -0.05) is 0 Å². The van der Waals surface area contributed by atoms with Gasteiger partial charge in [-0.3, -0.25) is 4.99 Å². The SMILES string of the molecule is CSCCNC(=NCC1(C)CCCO1)NCCc1ccco1. The van der Waals surface area contributed by atoms with Crippen LogP contribution in [0.4, 0.5) is 0 Å². The van der Waals surface area contributed by atoms with Crippen LogP contribution >= 0.6 is 11.8 Å². The van der Waals surface area contributed by atoms with Crippen molar-refractivity contribution < 1.29 is 9.15 Å². The molecule has 1 saturated heterocycles. The summed E-state index contributed by atoms with van der Waals surface area (Å²) in [6, 6.07) is 3.91. The molecule has 1 fully saturated rings.